The Morgan fingerprint density at radius 1 is 0.950 bits per heavy atom. The third-order valence-corrected chi connectivity index (χ3v) is 7.12. The highest BCUT2D eigenvalue weighted by Gasteiger charge is 2.23. The van der Waals surface area contributed by atoms with E-state index in [2.05, 4.69) is 41.6 Å². The van der Waals surface area contributed by atoms with Gasteiger partial charge >= 0.3 is 0 Å². The predicted molar refractivity (Wildman–Crippen MR) is 155 cm³/mol. The lowest BCUT2D eigenvalue weighted by Gasteiger charge is -2.25. The molecule has 2 unspecified atom stereocenters. The molecule has 0 radical (unpaired) electrons. The Bertz CT molecular complexity index is 1420. The average molecular weight is 546 g/mol. The molecule has 0 saturated heterocycles. The molecule has 1 heterocycles. The maximum absolute atomic E-state index is 13.9. The van der Waals surface area contributed by atoms with Crippen molar-refractivity contribution in [2.24, 2.45) is 0 Å². The first kappa shape index (κ1) is 29.3. The van der Waals surface area contributed by atoms with Gasteiger partial charge < -0.3 is 15.7 Å². The summed E-state index contributed by atoms with van der Waals surface area (Å²) in [5.74, 6) is -1.78. The minimum absolute atomic E-state index is 0.0610. The molecule has 5 nitrogen and oxygen atoms in total. The standard InChI is InChI=1S/C33H37F2N3O2/c1-3-5-9-30-29-18-26(11-10-25(29)12-13-37-30)33(40)38-31(17-24-15-27(34)19-28(35)16-24)32(39)21-36-20-23-8-6-7-22(4-2)14-23/h6-8,10-16,18-19,31-32,36,39H,3-5,9,17,20-21H2,1-2H3,(H,38,40). The summed E-state index contributed by atoms with van der Waals surface area (Å²) in [6.45, 7) is 4.94. The summed E-state index contributed by atoms with van der Waals surface area (Å²) in [5, 5.41) is 19.2. The second-order valence-electron chi connectivity index (χ2n) is 10.2. The molecule has 1 amide bonds. The van der Waals surface area contributed by atoms with Crippen LogP contribution in [0.3, 0.4) is 0 Å². The lowest BCUT2D eigenvalue weighted by Crippen LogP contribution is -2.48. The Morgan fingerprint density at radius 2 is 1.73 bits per heavy atom. The Hall–Kier alpha value is -3.68. The quantitative estimate of drug-likeness (QED) is 0.195. The second-order valence-corrected chi connectivity index (χ2v) is 10.2. The summed E-state index contributed by atoms with van der Waals surface area (Å²) in [6, 6.07) is 18.0. The van der Waals surface area contributed by atoms with Crippen molar-refractivity contribution < 1.29 is 18.7 Å². The number of amides is 1. The van der Waals surface area contributed by atoms with Crippen LogP contribution in [0, 0.1) is 11.6 Å². The number of carbonyl (C=O) groups is 1. The first-order chi connectivity index (χ1) is 19.4. The van der Waals surface area contributed by atoms with E-state index >= 15 is 0 Å². The van der Waals surface area contributed by atoms with E-state index in [9.17, 15) is 18.7 Å². The number of fused-ring (bicyclic) bond motifs is 1. The number of aryl methyl sites for hydroxylation is 2. The normalized spacial score (nSPS) is 12.8. The average Bonchev–Trinajstić information content (AvgIpc) is 2.95. The van der Waals surface area contributed by atoms with Crippen molar-refractivity contribution in [1.29, 1.82) is 0 Å². The van der Waals surface area contributed by atoms with Gasteiger partial charge in [-0.3, -0.25) is 9.78 Å². The van der Waals surface area contributed by atoms with Crippen LogP contribution in [-0.2, 0) is 25.8 Å². The second kappa shape index (κ2) is 14.1. The molecule has 0 aliphatic carbocycles. The SMILES string of the molecule is CCCCc1nccc2ccc(C(=O)NC(Cc3cc(F)cc(F)c3)C(O)CNCc3cccc(CC)c3)cc12. The fourth-order valence-electron chi connectivity index (χ4n) is 4.90. The van der Waals surface area contributed by atoms with Gasteiger partial charge in [0, 0.05) is 42.0 Å². The fourth-order valence-corrected chi connectivity index (χ4v) is 4.90. The lowest BCUT2D eigenvalue weighted by molar-refractivity contribution is 0.0830. The number of nitrogens with zero attached hydrogens (tertiary/aromatic N) is 1. The number of aromatic nitrogens is 1. The van der Waals surface area contributed by atoms with E-state index in [0.29, 0.717) is 17.7 Å². The lowest BCUT2D eigenvalue weighted by atomic mass is 9.99. The van der Waals surface area contributed by atoms with Gasteiger partial charge in [0.1, 0.15) is 11.6 Å². The molecule has 0 aliphatic rings. The first-order valence-electron chi connectivity index (χ1n) is 14.0. The molecule has 0 aliphatic heterocycles. The van der Waals surface area contributed by atoms with E-state index in [-0.39, 0.29) is 18.9 Å². The highest BCUT2D eigenvalue weighted by molar-refractivity contribution is 5.99. The number of halogens is 2. The van der Waals surface area contributed by atoms with E-state index in [4.69, 9.17) is 0 Å². The van der Waals surface area contributed by atoms with Crippen molar-refractivity contribution in [3.05, 3.63) is 113 Å². The molecule has 0 bridgehead atoms. The van der Waals surface area contributed by atoms with Gasteiger partial charge in [-0.15, -0.1) is 0 Å². The summed E-state index contributed by atoms with van der Waals surface area (Å²) < 4.78 is 27.9. The largest absolute Gasteiger partial charge is 0.390 e. The van der Waals surface area contributed by atoms with Crippen molar-refractivity contribution in [3.8, 4) is 0 Å². The molecule has 0 fully saturated rings. The number of hydrogen-bond donors (Lipinski definition) is 3. The van der Waals surface area contributed by atoms with Crippen molar-refractivity contribution >= 4 is 16.7 Å². The molecule has 4 rings (SSSR count). The van der Waals surface area contributed by atoms with Crippen LogP contribution in [0.5, 0.6) is 0 Å². The number of nitrogens with one attached hydrogen (secondary N) is 2. The molecule has 3 aromatic carbocycles. The van der Waals surface area contributed by atoms with E-state index < -0.39 is 23.8 Å². The van der Waals surface area contributed by atoms with Crippen molar-refractivity contribution in [2.45, 2.75) is 64.6 Å². The van der Waals surface area contributed by atoms with Crippen molar-refractivity contribution in [1.82, 2.24) is 15.6 Å². The zero-order valence-electron chi connectivity index (χ0n) is 23.1. The third kappa shape index (κ3) is 7.93. The van der Waals surface area contributed by atoms with E-state index in [0.717, 1.165) is 53.8 Å². The predicted octanol–water partition coefficient (Wildman–Crippen LogP) is 5.91. The van der Waals surface area contributed by atoms with Crippen LogP contribution in [0.4, 0.5) is 8.78 Å². The topological polar surface area (TPSA) is 74.2 Å². The maximum atomic E-state index is 13.9. The smallest absolute Gasteiger partial charge is 0.251 e. The number of benzene rings is 3. The minimum Gasteiger partial charge on any atom is -0.390 e. The van der Waals surface area contributed by atoms with Crippen LogP contribution >= 0.6 is 0 Å². The van der Waals surface area contributed by atoms with Crippen LogP contribution in [-0.4, -0.2) is 34.7 Å². The van der Waals surface area contributed by atoms with Gasteiger partial charge in [0.25, 0.3) is 5.91 Å². The van der Waals surface area contributed by atoms with Crippen LogP contribution in [0.1, 0.15) is 59.4 Å². The molecule has 1 aromatic heterocycles. The Kier molecular flexibility index (Phi) is 10.3. The van der Waals surface area contributed by atoms with Crippen LogP contribution in [0.2, 0.25) is 0 Å². The van der Waals surface area contributed by atoms with E-state index in [1.165, 1.54) is 17.7 Å². The fraction of sp³-hybridized carbons (Fsp3) is 0.333. The van der Waals surface area contributed by atoms with Gasteiger partial charge in [-0.25, -0.2) is 8.78 Å². The molecule has 210 valence electrons. The summed E-state index contributed by atoms with van der Waals surface area (Å²) in [7, 11) is 0. The summed E-state index contributed by atoms with van der Waals surface area (Å²) in [6.07, 6.45) is 4.62. The molecule has 0 spiro atoms. The van der Waals surface area contributed by atoms with Gasteiger partial charge in [-0.1, -0.05) is 50.6 Å². The third-order valence-electron chi connectivity index (χ3n) is 7.12. The van der Waals surface area contributed by atoms with Crippen molar-refractivity contribution in [3.63, 3.8) is 0 Å². The summed E-state index contributed by atoms with van der Waals surface area (Å²) in [5.41, 5.74) is 4.04. The van der Waals surface area contributed by atoms with Gasteiger partial charge in [0.05, 0.1) is 12.1 Å². The van der Waals surface area contributed by atoms with E-state index in [1.807, 2.05) is 30.3 Å². The van der Waals surface area contributed by atoms with E-state index in [1.54, 1.807) is 12.3 Å². The van der Waals surface area contributed by atoms with Crippen LogP contribution in [0.15, 0.2) is 72.9 Å². The number of pyridine rings is 1. The molecule has 7 heteroatoms. The van der Waals surface area contributed by atoms with Gasteiger partial charge in [-0.05, 0) is 78.1 Å². The highest BCUT2D eigenvalue weighted by Crippen LogP contribution is 2.21. The van der Waals surface area contributed by atoms with Crippen molar-refractivity contribution in [2.75, 3.05) is 6.54 Å². The van der Waals surface area contributed by atoms with Crippen LogP contribution in [0.25, 0.3) is 10.8 Å². The molecule has 0 saturated carbocycles. The number of unbranched alkanes of at least 4 members (excludes halogenated alkanes) is 1. The molecule has 3 N–H and O–H groups in total. The molecular weight excluding hydrogens is 508 g/mol. The Morgan fingerprint density at radius 3 is 2.48 bits per heavy atom. The number of hydrogen-bond acceptors (Lipinski definition) is 4. The molecule has 2 atom stereocenters. The summed E-state index contributed by atoms with van der Waals surface area (Å²) >= 11 is 0. The highest BCUT2D eigenvalue weighted by atomic mass is 19.1. The van der Waals surface area contributed by atoms with Crippen LogP contribution < -0.4 is 10.6 Å². The Labute approximate surface area is 234 Å². The number of aliphatic hydroxyl groups is 1. The first-order valence-corrected chi connectivity index (χ1v) is 14.0. The molecular formula is C33H37F2N3O2. The Balaban J connectivity index is 1.52. The zero-order chi connectivity index (χ0) is 28.5. The maximum Gasteiger partial charge on any atom is 0.251 e. The number of carbonyl (C=O) groups excluding carboxylic acids is 1. The molecule has 4 aromatic rings. The monoisotopic (exact) mass is 545 g/mol. The van der Waals surface area contributed by atoms with Gasteiger partial charge in [-0.2, -0.15) is 0 Å². The zero-order valence-corrected chi connectivity index (χ0v) is 23.1. The molecule has 40 heavy (non-hydrogen) atoms. The number of rotatable bonds is 13. The number of aliphatic hydroxyl groups excluding tert-OH is 1. The summed E-state index contributed by atoms with van der Waals surface area (Å²) in [4.78, 5) is 17.9. The van der Waals surface area contributed by atoms with Gasteiger partial charge in [0.15, 0.2) is 0 Å². The minimum atomic E-state index is -1.01. The van der Waals surface area contributed by atoms with Gasteiger partial charge in [0.2, 0.25) is 0 Å².